The van der Waals surface area contributed by atoms with Crippen molar-refractivity contribution in [3.63, 3.8) is 0 Å². The maximum Gasteiger partial charge on any atom is 0.263 e. The maximum atomic E-state index is 11.6. The summed E-state index contributed by atoms with van der Waals surface area (Å²) in [5.41, 5.74) is 0.852. The van der Waals surface area contributed by atoms with Gasteiger partial charge in [-0.1, -0.05) is 12.1 Å². The molecule has 0 radical (unpaired) electrons. The van der Waals surface area contributed by atoms with Crippen molar-refractivity contribution in [2.75, 3.05) is 0 Å². The monoisotopic (exact) mass is 358 g/mol. The van der Waals surface area contributed by atoms with E-state index in [0.29, 0.717) is 0 Å². The number of hydrogen-bond donors (Lipinski definition) is 2. The molecule has 1 fully saturated rings. The predicted molar refractivity (Wildman–Crippen MR) is 76.0 cm³/mol. The fourth-order valence-corrected chi connectivity index (χ4v) is 2.12. The summed E-state index contributed by atoms with van der Waals surface area (Å²) in [6.45, 7) is 0. The van der Waals surface area contributed by atoms with Gasteiger partial charge in [-0.25, -0.2) is 0 Å². The number of amides is 2. The van der Waals surface area contributed by atoms with Gasteiger partial charge in [0.1, 0.15) is 5.57 Å². The topological polar surface area (TPSA) is 58.2 Å². The van der Waals surface area contributed by atoms with E-state index >= 15 is 0 Å². The van der Waals surface area contributed by atoms with E-state index in [9.17, 15) is 9.59 Å². The molecule has 0 atom stereocenters. The predicted octanol–water partition coefficient (Wildman–Crippen LogP) is 1.21. The van der Waals surface area contributed by atoms with Crippen LogP contribution in [0.3, 0.4) is 0 Å². The normalized spacial score (nSPS) is 15.4. The Morgan fingerprint density at radius 3 is 2.41 bits per heavy atom. The van der Waals surface area contributed by atoms with Crippen LogP contribution in [0.1, 0.15) is 5.56 Å². The second kappa shape index (κ2) is 4.92. The smallest absolute Gasteiger partial charge is 0.263 e. The fraction of sp³-hybridized carbons (Fsp3) is 0. The minimum absolute atomic E-state index is 0.0415. The number of benzene rings is 1. The zero-order chi connectivity index (χ0) is 12.4. The van der Waals surface area contributed by atoms with Gasteiger partial charge in [-0.15, -0.1) is 0 Å². The van der Waals surface area contributed by atoms with Gasteiger partial charge in [0, 0.05) is 3.57 Å². The Morgan fingerprint density at radius 1 is 1.18 bits per heavy atom. The first kappa shape index (κ1) is 12.2. The third-order valence-corrected chi connectivity index (χ3v) is 2.98. The summed E-state index contributed by atoms with van der Waals surface area (Å²) in [7, 11) is 0. The summed E-state index contributed by atoms with van der Waals surface area (Å²) in [6, 6.07) is 7.49. The van der Waals surface area contributed by atoms with Crippen molar-refractivity contribution >= 4 is 57.8 Å². The van der Waals surface area contributed by atoms with E-state index in [4.69, 9.17) is 12.2 Å². The largest absolute Gasteiger partial charge is 0.299 e. The highest BCUT2D eigenvalue weighted by molar-refractivity contribution is 14.1. The van der Waals surface area contributed by atoms with E-state index in [1.807, 2.05) is 24.3 Å². The molecule has 1 saturated heterocycles. The lowest BCUT2D eigenvalue weighted by Gasteiger charge is -2.16. The van der Waals surface area contributed by atoms with Crippen LogP contribution in [0.15, 0.2) is 29.8 Å². The molecule has 2 N–H and O–H groups in total. The van der Waals surface area contributed by atoms with E-state index in [1.54, 1.807) is 0 Å². The van der Waals surface area contributed by atoms with Gasteiger partial charge in [-0.05, 0) is 58.6 Å². The Labute approximate surface area is 117 Å². The molecule has 4 nitrogen and oxygen atoms in total. The third kappa shape index (κ3) is 2.89. The summed E-state index contributed by atoms with van der Waals surface area (Å²) in [5, 5.41) is 4.81. The van der Waals surface area contributed by atoms with Crippen molar-refractivity contribution < 1.29 is 9.59 Å². The van der Waals surface area contributed by atoms with E-state index in [1.165, 1.54) is 6.08 Å². The maximum absolute atomic E-state index is 11.6. The van der Waals surface area contributed by atoms with Gasteiger partial charge < -0.3 is 0 Å². The van der Waals surface area contributed by atoms with Crippen molar-refractivity contribution in [3.05, 3.63) is 39.0 Å². The van der Waals surface area contributed by atoms with Crippen LogP contribution in [0, 0.1) is 3.57 Å². The molecule has 2 amide bonds. The Morgan fingerprint density at radius 2 is 1.82 bits per heavy atom. The highest BCUT2D eigenvalue weighted by Crippen LogP contribution is 2.13. The lowest BCUT2D eigenvalue weighted by Crippen LogP contribution is -2.51. The zero-order valence-corrected chi connectivity index (χ0v) is 11.5. The lowest BCUT2D eigenvalue weighted by molar-refractivity contribution is -0.123. The number of nitrogens with one attached hydrogen (secondary N) is 2. The molecule has 0 spiro atoms. The summed E-state index contributed by atoms with van der Waals surface area (Å²) in [4.78, 5) is 23.1. The van der Waals surface area contributed by atoms with E-state index in [2.05, 4.69) is 33.2 Å². The van der Waals surface area contributed by atoms with Gasteiger partial charge in [-0.3, -0.25) is 20.2 Å². The Kier molecular flexibility index (Phi) is 3.53. The van der Waals surface area contributed by atoms with Crippen LogP contribution in [-0.4, -0.2) is 16.9 Å². The molecule has 0 saturated carbocycles. The summed E-state index contributed by atoms with van der Waals surface area (Å²) in [5.74, 6) is -0.949. The van der Waals surface area contributed by atoms with Gasteiger partial charge >= 0.3 is 0 Å². The van der Waals surface area contributed by atoms with Crippen LogP contribution < -0.4 is 10.6 Å². The number of rotatable bonds is 1. The summed E-state index contributed by atoms with van der Waals surface area (Å²) in [6.07, 6.45) is 1.54. The molecule has 1 heterocycles. The van der Waals surface area contributed by atoms with Crippen molar-refractivity contribution in [3.8, 4) is 0 Å². The number of halogens is 1. The molecular weight excluding hydrogens is 351 g/mol. The quantitative estimate of drug-likeness (QED) is 0.343. The molecule has 0 bridgehead atoms. The van der Waals surface area contributed by atoms with Crippen LogP contribution in [0.4, 0.5) is 0 Å². The SMILES string of the molecule is O=C1NC(=S)NC(=O)C1=Cc1cccc(I)c1. The average Bonchev–Trinajstić information content (AvgIpc) is 2.23. The van der Waals surface area contributed by atoms with Crippen molar-refractivity contribution in [1.29, 1.82) is 0 Å². The van der Waals surface area contributed by atoms with Gasteiger partial charge in [0.15, 0.2) is 5.11 Å². The minimum atomic E-state index is -0.474. The molecular formula is C11H7IN2O2S. The molecule has 1 aliphatic heterocycles. The number of hydrogen-bond acceptors (Lipinski definition) is 3. The highest BCUT2D eigenvalue weighted by Gasteiger charge is 2.25. The van der Waals surface area contributed by atoms with Crippen LogP contribution in [0.2, 0.25) is 0 Å². The van der Waals surface area contributed by atoms with E-state index < -0.39 is 11.8 Å². The molecule has 0 aliphatic carbocycles. The molecule has 0 unspecified atom stereocenters. The first-order valence-corrected chi connectivity index (χ1v) is 6.19. The number of thiocarbonyl (C=S) groups is 1. The standard InChI is InChI=1S/C11H7IN2O2S/c12-7-3-1-2-6(4-7)5-8-9(15)13-11(17)14-10(8)16/h1-5H,(H2,13,14,15,16,17). The van der Waals surface area contributed by atoms with Gasteiger partial charge in [0.25, 0.3) is 11.8 Å². The fourth-order valence-electron chi connectivity index (χ4n) is 1.37. The molecule has 1 aliphatic rings. The molecule has 1 aromatic rings. The van der Waals surface area contributed by atoms with Crippen molar-refractivity contribution in [1.82, 2.24) is 10.6 Å². The molecule has 1 aromatic carbocycles. The van der Waals surface area contributed by atoms with Gasteiger partial charge in [0.05, 0.1) is 0 Å². The zero-order valence-electron chi connectivity index (χ0n) is 8.49. The highest BCUT2D eigenvalue weighted by atomic mass is 127. The summed E-state index contributed by atoms with van der Waals surface area (Å²) >= 11 is 6.87. The first-order chi connectivity index (χ1) is 8.06. The van der Waals surface area contributed by atoms with Crippen LogP contribution in [0.5, 0.6) is 0 Å². The molecule has 6 heteroatoms. The lowest BCUT2D eigenvalue weighted by atomic mass is 10.1. The molecule has 17 heavy (non-hydrogen) atoms. The first-order valence-electron chi connectivity index (χ1n) is 4.70. The van der Waals surface area contributed by atoms with E-state index in [-0.39, 0.29) is 10.7 Å². The minimum Gasteiger partial charge on any atom is -0.299 e. The Bertz CT molecular complexity index is 532. The van der Waals surface area contributed by atoms with Crippen LogP contribution in [0.25, 0.3) is 6.08 Å². The second-order valence-corrected chi connectivity index (χ2v) is 5.00. The Balaban J connectivity index is 2.36. The van der Waals surface area contributed by atoms with Crippen molar-refractivity contribution in [2.24, 2.45) is 0 Å². The van der Waals surface area contributed by atoms with Crippen LogP contribution >= 0.6 is 34.8 Å². The van der Waals surface area contributed by atoms with E-state index in [0.717, 1.165) is 9.13 Å². The molecule has 0 aromatic heterocycles. The number of carbonyl (C=O) groups excluding carboxylic acids is 2. The second-order valence-electron chi connectivity index (χ2n) is 3.35. The molecule has 86 valence electrons. The van der Waals surface area contributed by atoms with Gasteiger partial charge in [0.2, 0.25) is 0 Å². The number of carbonyl (C=O) groups is 2. The summed E-state index contributed by atoms with van der Waals surface area (Å²) < 4.78 is 1.03. The van der Waals surface area contributed by atoms with Crippen LogP contribution in [-0.2, 0) is 9.59 Å². The Hall–Kier alpha value is -1.28. The van der Waals surface area contributed by atoms with Gasteiger partial charge in [-0.2, -0.15) is 0 Å². The third-order valence-electron chi connectivity index (χ3n) is 2.10. The average molecular weight is 358 g/mol. The van der Waals surface area contributed by atoms with Crippen molar-refractivity contribution in [2.45, 2.75) is 0 Å². The molecule has 2 rings (SSSR count).